The van der Waals surface area contributed by atoms with Gasteiger partial charge in [-0.1, -0.05) is 0 Å². The molecule has 29 heavy (non-hydrogen) atoms. The zero-order valence-electron chi connectivity index (χ0n) is 16.3. The number of methoxy groups -OCH3 is 3. The zero-order chi connectivity index (χ0) is 21.1. The summed E-state index contributed by atoms with van der Waals surface area (Å²) >= 11 is 5.71. The summed E-state index contributed by atoms with van der Waals surface area (Å²) in [5.74, 6) is 1.01. The van der Waals surface area contributed by atoms with Crippen molar-refractivity contribution in [3.05, 3.63) is 47.2 Å². The van der Waals surface area contributed by atoms with Crippen molar-refractivity contribution in [2.75, 3.05) is 21.3 Å². The highest BCUT2D eigenvalue weighted by Crippen LogP contribution is 2.42. The zero-order valence-corrected chi connectivity index (χ0v) is 17.0. The Labute approximate surface area is 172 Å². The van der Waals surface area contributed by atoms with Crippen LogP contribution in [-0.4, -0.2) is 38.5 Å². The standard InChI is InChI=1S/C21H19ClO7/c1-11(22)21(24)28-13-6-7-14-16(10-13)29-17(18(14)23)9-12-5-8-15(25-2)20(27-4)19(12)26-3/h5-11H,1-4H3/b17-9-. The number of halogens is 1. The summed E-state index contributed by atoms with van der Waals surface area (Å²) in [4.78, 5) is 24.4. The third kappa shape index (κ3) is 4.00. The van der Waals surface area contributed by atoms with Crippen LogP contribution in [0, 0.1) is 0 Å². The molecule has 0 saturated carbocycles. The molecular formula is C21H19ClO7. The molecule has 2 aromatic rings. The number of ether oxygens (including phenoxy) is 5. The predicted molar refractivity (Wildman–Crippen MR) is 106 cm³/mol. The molecule has 0 spiro atoms. The van der Waals surface area contributed by atoms with E-state index in [1.807, 2.05) is 0 Å². The second-order valence-corrected chi connectivity index (χ2v) is 6.71. The van der Waals surface area contributed by atoms with E-state index in [2.05, 4.69) is 0 Å². The van der Waals surface area contributed by atoms with E-state index in [0.717, 1.165) is 0 Å². The topological polar surface area (TPSA) is 80.3 Å². The molecule has 1 unspecified atom stereocenters. The number of carbonyl (C=O) groups excluding carboxylic acids is 2. The predicted octanol–water partition coefficient (Wildman–Crippen LogP) is 3.86. The van der Waals surface area contributed by atoms with Crippen LogP contribution in [0.2, 0.25) is 0 Å². The summed E-state index contributed by atoms with van der Waals surface area (Å²) in [6.45, 7) is 1.51. The summed E-state index contributed by atoms with van der Waals surface area (Å²) in [7, 11) is 4.50. The molecule has 0 aliphatic carbocycles. The van der Waals surface area contributed by atoms with E-state index in [4.69, 9.17) is 35.3 Å². The molecule has 7 nitrogen and oxygen atoms in total. The lowest BCUT2D eigenvalue weighted by Gasteiger charge is -2.14. The maximum Gasteiger partial charge on any atom is 0.329 e. The minimum atomic E-state index is -0.793. The first-order chi connectivity index (χ1) is 13.9. The lowest BCUT2D eigenvalue weighted by atomic mass is 10.1. The first kappa shape index (κ1) is 20.5. The Kier molecular flexibility index (Phi) is 5.98. The number of fused-ring (bicyclic) bond motifs is 1. The average Bonchev–Trinajstić information content (AvgIpc) is 3.02. The van der Waals surface area contributed by atoms with Crippen LogP contribution in [-0.2, 0) is 4.79 Å². The fraction of sp³-hybridized carbons (Fsp3) is 0.238. The van der Waals surface area contributed by atoms with E-state index in [-0.39, 0.29) is 23.0 Å². The fourth-order valence-corrected chi connectivity index (χ4v) is 2.85. The van der Waals surface area contributed by atoms with E-state index in [1.165, 1.54) is 46.5 Å². The number of Topliss-reactive ketones (excluding diaryl/α,β-unsaturated/α-hetero) is 1. The molecule has 0 saturated heterocycles. The van der Waals surface area contributed by atoms with E-state index in [0.29, 0.717) is 28.4 Å². The molecule has 2 aromatic carbocycles. The molecule has 1 aliphatic heterocycles. The van der Waals surface area contributed by atoms with Crippen molar-refractivity contribution in [3.8, 4) is 28.7 Å². The summed E-state index contributed by atoms with van der Waals surface area (Å²) in [6.07, 6.45) is 1.55. The fourth-order valence-electron chi connectivity index (χ4n) is 2.81. The molecule has 3 rings (SSSR count). The lowest BCUT2D eigenvalue weighted by Crippen LogP contribution is -2.17. The van der Waals surface area contributed by atoms with Crippen LogP contribution in [0.15, 0.2) is 36.1 Å². The first-order valence-electron chi connectivity index (χ1n) is 8.62. The number of allylic oxidation sites excluding steroid dienone is 1. The minimum Gasteiger partial charge on any atom is -0.493 e. The van der Waals surface area contributed by atoms with Gasteiger partial charge in [-0.05, 0) is 37.3 Å². The molecular weight excluding hydrogens is 400 g/mol. The van der Waals surface area contributed by atoms with Crippen LogP contribution in [0.25, 0.3) is 6.08 Å². The van der Waals surface area contributed by atoms with Gasteiger partial charge in [-0.25, -0.2) is 0 Å². The molecule has 0 amide bonds. The third-order valence-corrected chi connectivity index (χ3v) is 4.38. The number of ketones is 1. The summed E-state index contributed by atoms with van der Waals surface area (Å²) in [6, 6.07) is 7.94. The van der Waals surface area contributed by atoms with Gasteiger partial charge in [-0.3, -0.25) is 9.59 Å². The van der Waals surface area contributed by atoms with Crippen LogP contribution in [0.1, 0.15) is 22.8 Å². The molecule has 0 aromatic heterocycles. The van der Waals surface area contributed by atoms with Gasteiger partial charge < -0.3 is 23.7 Å². The lowest BCUT2D eigenvalue weighted by molar-refractivity contribution is -0.133. The van der Waals surface area contributed by atoms with E-state index in [9.17, 15) is 9.59 Å². The number of hydrogen-bond donors (Lipinski definition) is 0. The maximum atomic E-state index is 12.7. The van der Waals surface area contributed by atoms with E-state index < -0.39 is 11.3 Å². The van der Waals surface area contributed by atoms with Gasteiger partial charge in [0.05, 0.1) is 26.9 Å². The second-order valence-electron chi connectivity index (χ2n) is 6.06. The Morgan fingerprint density at radius 1 is 1.07 bits per heavy atom. The third-order valence-electron chi connectivity index (χ3n) is 4.21. The van der Waals surface area contributed by atoms with Crippen LogP contribution >= 0.6 is 11.6 Å². The molecule has 0 bridgehead atoms. The van der Waals surface area contributed by atoms with Crippen LogP contribution < -0.4 is 23.7 Å². The monoisotopic (exact) mass is 418 g/mol. The molecule has 0 N–H and O–H groups in total. The van der Waals surface area contributed by atoms with Gasteiger partial charge in [-0.2, -0.15) is 0 Å². The van der Waals surface area contributed by atoms with Crippen molar-refractivity contribution < 1.29 is 33.3 Å². The van der Waals surface area contributed by atoms with Gasteiger partial charge in [-0.15, -0.1) is 11.6 Å². The number of alkyl halides is 1. The van der Waals surface area contributed by atoms with Gasteiger partial charge in [0.1, 0.15) is 16.9 Å². The summed E-state index contributed by atoms with van der Waals surface area (Å²) < 4.78 is 26.9. The number of benzene rings is 2. The van der Waals surface area contributed by atoms with Crippen molar-refractivity contribution in [1.82, 2.24) is 0 Å². The van der Waals surface area contributed by atoms with Crippen LogP contribution in [0.5, 0.6) is 28.7 Å². The Balaban J connectivity index is 1.94. The maximum absolute atomic E-state index is 12.7. The van der Waals surface area contributed by atoms with Gasteiger partial charge >= 0.3 is 5.97 Å². The highest BCUT2D eigenvalue weighted by molar-refractivity contribution is 6.29. The summed E-state index contributed by atoms with van der Waals surface area (Å²) in [5.41, 5.74) is 0.929. The molecule has 1 atom stereocenters. The highest BCUT2D eigenvalue weighted by Gasteiger charge is 2.29. The Morgan fingerprint density at radius 3 is 2.41 bits per heavy atom. The van der Waals surface area contributed by atoms with Crippen molar-refractivity contribution >= 4 is 29.4 Å². The van der Waals surface area contributed by atoms with E-state index in [1.54, 1.807) is 18.2 Å². The molecule has 8 heteroatoms. The van der Waals surface area contributed by atoms with Crippen molar-refractivity contribution in [2.24, 2.45) is 0 Å². The van der Waals surface area contributed by atoms with Gasteiger partial charge in [0.2, 0.25) is 11.5 Å². The Bertz CT molecular complexity index is 995. The minimum absolute atomic E-state index is 0.0970. The average molecular weight is 419 g/mol. The normalized spacial score (nSPS) is 14.8. The SMILES string of the molecule is COc1ccc(/C=C2\Oc3cc(OC(=O)C(C)Cl)ccc3C2=O)c(OC)c1OC. The van der Waals surface area contributed by atoms with Crippen molar-refractivity contribution in [3.63, 3.8) is 0 Å². The number of hydrogen-bond acceptors (Lipinski definition) is 7. The molecule has 0 fully saturated rings. The van der Waals surface area contributed by atoms with Crippen LogP contribution in [0.3, 0.4) is 0 Å². The van der Waals surface area contributed by atoms with Crippen molar-refractivity contribution in [1.29, 1.82) is 0 Å². The van der Waals surface area contributed by atoms with Gasteiger partial charge in [0.15, 0.2) is 17.3 Å². The molecule has 1 heterocycles. The number of esters is 1. The van der Waals surface area contributed by atoms with Crippen molar-refractivity contribution in [2.45, 2.75) is 12.3 Å². The van der Waals surface area contributed by atoms with E-state index >= 15 is 0 Å². The molecule has 0 radical (unpaired) electrons. The first-order valence-corrected chi connectivity index (χ1v) is 9.06. The van der Waals surface area contributed by atoms with Gasteiger partial charge in [0.25, 0.3) is 0 Å². The summed E-state index contributed by atoms with van der Waals surface area (Å²) in [5, 5.41) is -0.793. The van der Waals surface area contributed by atoms with Gasteiger partial charge in [0, 0.05) is 11.6 Å². The molecule has 1 aliphatic rings. The van der Waals surface area contributed by atoms with Crippen LogP contribution in [0.4, 0.5) is 0 Å². The Morgan fingerprint density at radius 2 is 1.79 bits per heavy atom. The number of rotatable bonds is 6. The largest absolute Gasteiger partial charge is 0.493 e. The smallest absolute Gasteiger partial charge is 0.329 e. The quantitative estimate of drug-likeness (QED) is 0.305. The second kappa shape index (κ2) is 8.45. The Hall–Kier alpha value is -3.19. The molecule has 152 valence electrons. The highest BCUT2D eigenvalue weighted by atomic mass is 35.5. The number of carbonyl (C=O) groups is 2.